The fourth-order valence-electron chi connectivity index (χ4n) is 5.54. The normalized spacial score (nSPS) is 44.8. The third kappa shape index (κ3) is 3.14. The zero-order valence-corrected chi connectivity index (χ0v) is 15.0. The van der Waals surface area contributed by atoms with Crippen molar-refractivity contribution in [1.29, 1.82) is 0 Å². The molecule has 3 aliphatic rings. The molecule has 3 saturated carbocycles. The van der Waals surface area contributed by atoms with Crippen LogP contribution in [0.25, 0.3) is 0 Å². The van der Waals surface area contributed by atoms with E-state index in [-0.39, 0.29) is 11.5 Å². The van der Waals surface area contributed by atoms with Gasteiger partial charge in [-0.25, -0.2) is 0 Å². The summed E-state index contributed by atoms with van der Waals surface area (Å²) in [5.74, 6) is 0.946. The first-order valence-corrected chi connectivity index (χ1v) is 9.46. The summed E-state index contributed by atoms with van der Waals surface area (Å²) >= 11 is 0. The zero-order valence-electron chi connectivity index (χ0n) is 15.0. The molecule has 0 heterocycles. The van der Waals surface area contributed by atoms with Crippen molar-refractivity contribution in [2.75, 3.05) is 0 Å². The van der Waals surface area contributed by atoms with Crippen LogP contribution in [0, 0.1) is 17.3 Å². The van der Waals surface area contributed by atoms with Crippen LogP contribution in [-0.2, 0) is 0 Å². The molecular formula is C21H32O3. The fourth-order valence-corrected chi connectivity index (χ4v) is 5.54. The van der Waals surface area contributed by atoms with Crippen molar-refractivity contribution >= 4 is 0 Å². The molecule has 0 bridgehead atoms. The molecule has 24 heavy (non-hydrogen) atoms. The van der Waals surface area contributed by atoms with E-state index in [9.17, 15) is 15.3 Å². The summed E-state index contributed by atoms with van der Waals surface area (Å²) in [6, 6.07) is 0. The molecule has 6 atom stereocenters. The monoisotopic (exact) mass is 332 g/mol. The molecular weight excluding hydrogens is 300 g/mol. The summed E-state index contributed by atoms with van der Waals surface area (Å²) in [5, 5.41) is 30.1. The minimum absolute atomic E-state index is 0.208. The molecule has 3 fully saturated rings. The van der Waals surface area contributed by atoms with Crippen molar-refractivity contribution in [3.8, 4) is 0 Å². The maximum atomic E-state index is 10.2. The highest BCUT2D eigenvalue weighted by molar-refractivity contribution is 5.38. The summed E-state index contributed by atoms with van der Waals surface area (Å²) in [5.41, 5.74) is 3.41. The van der Waals surface area contributed by atoms with Crippen LogP contribution >= 0.6 is 0 Å². The summed E-state index contributed by atoms with van der Waals surface area (Å²) < 4.78 is 0. The largest absolute Gasteiger partial charge is 0.393 e. The summed E-state index contributed by atoms with van der Waals surface area (Å²) in [6.07, 6.45) is 9.70. The van der Waals surface area contributed by atoms with E-state index in [4.69, 9.17) is 0 Å². The molecule has 0 saturated heterocycles. The molecule has 0 aromatic carbocycles. The molecule has 0 aromatic rings. The minimum Gasteiger partial charge on any atom is -0.393 e. The second-order valence-electron chi connectivity index (χ2n) is 8.40. The van der Waals surface area contributed by atoms with Gasteiger partial charge in [-0.05, 0) is 73.8 Å². The molecule has 3 N–H and O–H groups in total. The van der Waals surface area contributed by atoms with Gasteiger partial charge in [-0.1, -0.05) is 31.2 Å². The number of hydrogen-bond donors (Lipinski definition) is 3. The van der Waals surface area contributed by atoms with Gasteiger partial charge in [0, 0.05) is 6.42 Å². The van der Waals surface area contributed by atoms with E-state index in [0.29, 0.717) is 24.7 Å². The lowest BCUT2D eigenvalue weighted by Crippen LogP contribution is -2.37. The minimum atomic E-state index is -0.624. The molecule has 134 valence electrons. The summed E-state index contributed by atoms with van der Waals surface area (Å²) in [6.45, 7) is 8.29. The zero-order chi connectivity index (χ0) is 17.5. The number of allylic oxidation sites excluding steroid dienone is 3. The highest BCUT2D eigenvalue weighted by Crippen LogP contribution is 2.58. The quantitative estimate of drug-likeness (QED) is 0.725. The van der Waals surface area contributed by atoms with Crippen molar-refractivity contribution < 1.29 is 15.3 Å². The van der Waals surface area contributed by atoms with Gasteiger partial charge in [-0.3, -0.25) is 0 Å². The van der Waals surface area contributed by atoms with Crippen LogP contribution < -0.4 is 0 Å². The third-order valence-corrected chi connectivity index (χ3v) is 6.88. The van der Waals surface area contributed by atoms with Crippen LogP contribution in [0.3, 0.4) is 0 Å². The van der Waals surface area contributed by atoms with Crippen molar-refractivity contribution in [2.24, 2.45) is 17.3 Å². The van der Waals surface area contributed by atoms with Crippen LogP contribution in [-0.4, -0.2) is 33.6 Å². The average molecular weight is 332 g/mol. The topological polar surface area (TPSA) is 60.7 Å². The molecule has 0 unspecified atom stereocenters. The van der Waals surface area contributed by atoms with Crippen molar-refractivity contribution in [1.82, 2.24) is 0 Å². The van der Waals surface area contributed by atoms with E-state index < -0.39 is 12.2 Å². The summed E-state index contributed by atoms with van der Waals surface area (Å²) in [7, 11) is 0. The van der Waals surface area contributed by atoms with Crippen LogP contribution in [0.2, 0.25) is 0 Å². The Morgan fingerprint density at radius 3 is 2.71 bits per heavy atom. The first-order chi connectivity index (χ1) is 11.3. The van der Waals surface area contributed by atoms with Crippen LogP contribution in [0.15, 0.2) is 35.5 Å². The van der Waals surface area contributed by atoms with Gasteiger partial charge >= 0.3 is 0 Å². The summed E-state index contributed by atoms with van der Waals surface area (Å²) in [4.78, 5) is 0. The van der Waals surface area contributed by atoms with Gasteiger partial charge in [-0.2, -0.15) is 0 Å². The lowest BCUT2D eigenvalue weighted by Gasteiger charge is -2.43. The lowest BCUT2D eigenvalue weighted by atomic mass is 9.62. The number of aliphatic hydroxyl groups is 3. The standard InChI is InChI=1S/C21H32O3/c1-13-16(11-17(23)12-20(13)24)7-6-15-5-4-10-21(3)18(14(2)22)8-9-19(15)21/h6-7,14,17-20,22-24H,1,4-5,8-12H2,2-3H3/b15-6+,16-7-/t14-,17+,18+,19-,20-,21+/m0/s1. The van der Waals surface area contributed by atoms with E-state index >= 15 is 0 Å². The number of fused-ring (bicyclic) bond motifs is 1. The number of aliphatic hydroxyl groups excluding tert-OH is 3. The Balaban J connectivity index is 1.83. The fraction of sp³-hybridized carbons (Fsp3) is 0.714. The van der Waals surface area contributed by atoms with Gasteiger partial charge in [0.05, 0.1) is 18.3 Å². The molecule has 3 nitrogen and oxygen atoms in total. The molecule has 3 rings (SSSR count). The van der Waals surface area contributed by atoms with Crippen molar-refractivity contribution in [3.63, 3.8) is 0 Å². The Morgan fingerprint density at radius 1 is 1.25 bits per heavy atom. The van der Waals surface area contributed by atoms with Crippen molar-refractivity contribution in [2.45, 2.75) is 77.1 Å². The number of rotatable bonds is 2. The predicted octanol–water partition coefficient (Wildman–Crippen LogP) is 3.51. The molecule has 3 heteroatoms. The van der Waals surface area contributed by atoms with Gasteiger partial charge in [0.2, 0.25) is 0 Å². The third-order valence-electron chi connectivity index (χ3n) is 6.88. The van der Waals surface area contributed by atoms with Gasteiger partial charge < -0.3 is 15.3 Å². The number of hydrogen-bond acceptors (Lipinski definition) is 3. The van der Waals surface area contributed by atoms with Crippen LogP contribution in [0.1, 0.15) is 58.8 Å². The first kappa shape index (κ1) is 17.9. The van der Waals surface area contributed by atoms with E-state index in [1.54, 1.807) is 0 Å². The Morgan fingerprint density at radius 2 is 2.00 bits per heavy atom. The Bertz CT molecular complexity index is 559. The van der Waals surface area contributed by atoms with E-state index in [1.165, 1.54) is 18.4 Å². The Hall–Kier alpha value is -0.900. The van der Waals surface area contributed by atoms with Gasteiger partial charge in [0.25, 0.3) is 0 Å². The van der Waals surface area contributed by atoms with E-state index in [1.807, 2.05) is 6.92 Å². The smallest absolute Gasteiger partial charge is 0.0811 e. The highest BCUT2D eigenvalue weighted by atomic mass is 16.3. The predicted molar refractivity (Wildman–Crippen MR) is 96.4 cm³/mol. The SMILES string of the molecule is C=C1/C(=C\C=C2/CCC[C@]3(C)[C@@H]([C@H](C)O)CC[C@@H]23)C[C@@H](O)C[C@@H]1O. The van der Waals surface area contributed by atoms with Gasteiger partial charge in [0.1, 0.15) is 0 Å². The first-order valence-electron chi connectivity index (χ1n) is 9.46. The molecule has 0 spiro atoms. The maximum absolute atomic E-state index is 10.2. The van der Waals surface area contributed by atoms with E-state index in [2.05, 4.69) is 25.7 Å². The molecule has 0 aliphatic heterocycles. The van der Waals surface area contributed by atoms with Crippen LogP contribution in [0.5, 0.6) is 0 Å². The molecule has 0 amide bonds. The highest BCUT2D eigenvalue weighted by Gasteiger charge is 2.50. The second kappa shape index (κ2) is 6.78. The van der Waals surface area contributed by atoms with Crippen LogP contribution in [0.4, 0.5) is 0 Å². The molecule has 0 radical (unpaired) electrons. The lowest BCUT2D eigenvalue weighted by molar-refractivity contribution is 0.0302. The molecule has 3 aliphatic carbocycles. The second-order valence-corrected chi connectivity index (χ2v) is 8.40. The average Bonchev–Trinajstić information content (AvgIpc) is 2.87. The Kier molecular flexibility index (Phi) is 5.06. The maximum Gasteiger partial charge on any atom is 0.0811 e. The van der Waals surface area contributed by atoms with Crippen molar-refractivity contribution in [3.05, 3.63) is 35.5 Å². The van der Waals surface area contributed by atoms with Gasteiger partial charge in [0.15, 0.2) is 0 Å². The van der Waals surface area contributed by atoms with Gasteiger partial charge in [-0.15, -0.1) is 0 Å². The van der Waals surface area contributed by atoms with E-state index in [0.717, 1.165) is 30.4 Å². The molecule has 0 aromatic heterocycles. The Labute approximate surface area is 145 Å².